The van der Waals surface area contributed by atoms with Gasteiger partial charge in [-0.1, -0.05) is 12.5 Å². The molecule has 0 radical (unpaired) electrons. The minimum atomic E-state index is 0.430. The molecule has 0 saturated carbocycles. The quantitative estimate of drug-likeness (QED) is 0.498. The van der Waals surface area contributed by atoms with Gasteiger partial charge < -0.3 is 0 Å². The van der Waals surface area contributed by atoms with E-state index in [1.54, 1.807) is 0 Å². The molecule has 0 aromatic heterocycles. The van der Waals surface area contributed by atoms with Crippen molar-refractivity contribution in [1.29, 1.82) is 0 Å². The van der Waals surface area contributed by atoms with Crippen LogP contribution >= 0.6 is 0 Å². The molecular formula is C9H12O. The minimum Gasteiger partial charge on any atom is -0.295 e. The number of carbonyl (C=O) groups excluding carboxylic acids is 1. The fraction of sp³-hybridized carbons (Fsp3) is 0.667. The first kappa shape index (κ1) is 6.14. The summed E-state index contributed by atoms with van der Waals surface area (Å²) >= 11 is 0. The molecule has 0 bridgehead atoms. The van der Waals surface area contributed by atoms with E-state index in [0.29, 0.717) is 11.7 Å². The fourth-order valence-corrected chi connectivity index (χ4v) is 2.11. The number of hydrogen-bond donors (Lipinski definition) is 0. The number of allylic oxidation sites excluding steroid dienone is 2. The summed E-state index contributed by atoms with van der Waals surface area (Å²) in [6.07, 6.45) is 4.15. The Balaban J connectivity index is 2.34. The Bertz CT molecular complexity index is 213. The minimum absolute atomic E-state index is 0.430. The average molecular weight is 136 g/mol. The number of hydrogen-bond acceptors (Lipinski definition) is 1. The lowest BCUT2D eigenvalue weighted by Gasteiger charge is -2.03. The van der Waals surface area contributed by atoms with E-state index < -0.39 is 0 Å². The second-order valence-electron chi connectivity index (χ2n) is 3.37. The van der Waals surface area contributed by atoms with Crippen molar-refractivity contribution >= 4 is 5.78 Å². The second-order valence-corrected chi connectivity index (χ2v) is 3.37. The van der Waals surface area contributed by atoms with Crippen LogP contribution in [0.4, 0.5) is 0 Å². The van der Waals surface area contributed by atoms with Gasteiger partial charge in [0.25, 0.3) is 0 Å². The third kappa shape index (κ3) is 0.664. The third-order valence-corrected chi connectivity index (χ3v) is 2.77. The van der Waals surface area contributed by atoms with E-state index in [4.69, 9.17) is 0 Å². The van der Waals surface area contributed by atoms with Crippen LogP contribution in [0.1, 0.15) is 32.6 Å². The summed E-state index contributed by atoms with van der Waals surface area (Å²) in [5.74, 6) is 1.14. The highest BCUT2D eigenvalue weighted by atomic mass is 16.1. The van der Waals surface area contributed by atoms with Gasteiger partial charge in [-0.15, -0.1) is 0 Å². The van der Waals surface area contributed by atoms with Crippen molar-refractivity contribution in [2.45, 2.75) is 32.6 Å². The molecule has 0 N–H and O–H groups in total. The molecule has 0 aromatic carbocycles. The Morgan fingerprint density at radius 3 is 2.80 bits per heavy atom. The van der Waals surface area contributed by atoms with Crippen molar-refractivity contribution in [1.82, 2.24) is 0 Å². The summed E-state index contributed by atoms with van der Waals surface area (Å²) in [5.41, 5.74) is 2.66. The largest absolute Gasteiger partial charge is 0.295 e. The Hall–Kier alpha value is -0.590. The second kappa shape index (κ2) is 1.94. The summed E-state index contributed by atoms with van der Waals surface area (Å²) in [4.78, 5) is 11.1. The summed E-state index contributed by atoms with van der Waals surface area (Å²) in [5, 5.41) is 0. The maximum atomic E-state index is 11.1. The highest BCUT2D eigenvalue weighted by Gasteiger charge is 2.30. The number of ketones is 1. The standard InChI is InChI=1S/C9H12O/c1-6-2-3-8-7(6)4-5-9(8)10/h6H,2-5H2,1H3. The molecule has 0 aromatic rings. The summed E-state index contributed by atoms with van der Waals surface area (Å²) < 4.78 is 0. The predicted octanol–water partition coefficient (Wildman–Crippen LogP) is 2.08. The van der Waals surface area contributed by atoms with Crippen LogP contribution in [0.25, 0.3) is 0 Å². The Morgan fingerprint density at radius 2 is 2.10 bits per heavy atom. The molecule has 10 heavy (non-hydrogen) atoms. The van der Waals surface area contributed by atoms with Crippen LogP contribution in [-0.2, 0) is 4.79 Å². The number of rotatable bonds is 0. The lowest BCUT2D eigenvalue weighted by molar-refractivity contribution is -0.115. The van der Waals surface area contributed by atoms with Gasteiger partial charge in [0.05, 0.1) is 0 Å². The highest BCUT2D eigenvalue weighted by molar-refractivity contribution is 5.99. The molecular weight excluding hydrogens is 124 g/mol. The Morgan fingerprint density at radius 1 is 1.30 bits per heavy atom. The zero-order valence-electron chi connectivity index (χ0n) is 6.31. The summed E-state index contributed by atoms with van der Waals surface area (Å²) in [6, 6.07) is 0. The van der Waals surface area contributed by atoms with E-state index in [1.807, 2.05) is 0 Å². The van der Waals surface area contributed by atoms with E-state index in [2.05, 4.69) is 6.92 Å². The van der Waals surface area contributed by atoms with E-state index >= 15 is 0 Å². The molecule has 2 rings (SSSR count). The molecule has 54 valence electrons. The van der Waals surface area contributed by atoms with Gasteiger partial charge in [0.1, 0.15) is 0 Å². The highest BCUT2D eigenvalue weighted by Crippen LogP contribution is 2.39. The first-order valence-corrected chi connectivity index (χ1v) is 4.04. The molecule has 1 heteroatoms. The van der Waals surface area contributed by atoms with Crippen LogP contribution in [-0.4, -0.2) is 5.78 Å². The van der Waals surface area contributed by atoms with Crippen LogP contribution in [0.3, 0.4) is 0 Å². The lowest BCUT2D eigenvalue weighted by Crippen LogP contribution is -1.93. The number of carbonyl (C=O) groups is 1. The van der Waals surface area contributed by atoms with E-state index in [-0.39, 0.29) is 0 Å². The van der Waals surface area contributed by atoms with Crippen LogP contribution in [0, 0.1) is 5.92 Å². The monoisotopic (exact) mass is 136 g/mol. The van der Waals surface area contributed by atoms with Crippen LogP contribution in [0.5, 0.6) is 0 Å². The van der Waals surface area contributed by atoms with E-state index in [1.165, 1.54) is 17.6 Å². The molecule has 1 nitrogen and oxygen atoms in total. The van der Waals surface area contributed by atoms with Gasteiger partial charge in [-0.2, -0.15) is 0 Å². The van der Waals surface area contributed by atoms with Gasteiger partial charge in [0.2, 0.25) is 0 Å². The van der Waals surface area contributed by atoms with E-state index in [9.17, 15) is 4.79 Å². The zero-order valence-corrected chi connectivity index (χ0v) is 6.31. The van der Waals surface area contributed by atoms with Crippen molar-refractivity contribution in [3.63, 3.8) is 0 Å². The molecule has 0 heterocycles. The topological polar surface area (TPSA) is 17.1 Å². The predicted molar refractivity (Wildman–Crippen MR) is 39.7 cm³/mol. The van der Waals surface area contributed by atoms with Gasteiger partial charge >= 0.3 is 0 Å². The van der Waals surface area contributed by atoms with Crippen molar-refractivity contribution in [2.24, 2.45) is 5.92 Å². The zero-order chi connectivity index (χ0) is 7.14. The molecule has 0 saturated heterocycles. The smallest absolute Gasteiger partial charge is 0.159 e. The van der Waals surface area contributed by atoms with Gasteiger partial charge in [-0.3, -0.25) is 4.79 Å². The van der Waals surface area contributed by atoms with Crippen molar-refractivity contribution in [3.8, 4) is 0 Å². The third-order valence-electron chi connectivity index (χ3n) is 2.77. The molecule has 1 atom stereocenters. The Labute approximate surface area is 61.1 Å². The molecule has 0 aliphatic heterocycles. The molecule has 1 unspecified atom stereocenters. The SMILES string of the molecule is CC1CCC2=C1CCC2=O. The molecule has 2 aliphatic rings. The first-order chi connectivity index (χ1) is 4.79. The lowest BCUT2D eigenvalue weighted by atomic mass is 10.0. The molecule has 0 amide bonds. The van der Waals surface area contributed by atoms with Crippen LogP contribution < -0.4 is 0 Å². The maximum Gasteiger partial charge on any atom is 0.159 e. The molecule has 0 spiro atoms. The van der Waals surface area contributed by atoms with Crippen molar-refractivity contribution in [2.75, 3.05) is 0 Å². The summed E-state index contributed by atoms with van der Waals surface area (Å²) in [6.45, 7) is 2.24. The van der Waals surface area contributed by atoms with Gasteiger partial charge in [-0.05, 0) is 30.8 Å². The van der Waals surface area contributed by atoms with Crippen LogP contribution in [0.2, 0.25) is 0 Å². The van der Waals surface area contributed by atoms with Crippen molar-refractivity contribution in [3.05, 3.63) is 11.1 Å². The normalized spacial score (nSPS) is 31.7. The van der Waals surface area contributed by atoms with Gasteiger partial charge in [-0.25, -0.2) is 0 Å². The van der Waals surface area contributed by atoms with Gasteiger partial charge in [0, 0.05) is 6.42 Å². The summed E-state index contributed by atoms with van der Waals surface area (Å²) in [7, 11) is 0. The first-order valence-electron chi connectivity index (χ1n) is 4.04. The van der Waals surface area contributed by atoms with Crippen LogP contribution in [0.15, 0.2) is 11.1 Å². The van der Waals surface area contributed by atoms with Crippen molar-refractivity contribution < 1.29 is 4.79 Å². The molecule has 2 aliphatic carbocycles. The average Bonchev–Trinajstić information content (AvgIpc) is 2.41. The van der Waals surface area contributed by atoms with Gasteiger partial charge in [0.15, 0.2) is 5.78 Å². The van der Waals surface area contributed by atoms with E-state index in [0.717, 1.165) is 19.3 Å². The molecule has 0 fully saturated rings. The Kier molecular flexibility index (Phi) is 1.19. The fourth-order valence-electron chi connectivity index (χ4n) is 2.11. The number of Topliss-reactive ketones (excluding diaryl/α,β-unsaturated/α-hetero) is 1. The maximum absolute atomic E-state index is 11.1.